The van der Waals surface area contributed by atoms with E-state index < -0.39 is 5.56 Å². The molecule has 6 nitrogen and oxygen atoms in total. The molecule has 0 atom stereocenters. The molecule has 4 rings (SSSR count). The van der Waals surface area contributed by atoms with E-state index in [2.05, 4.69) is 10.1 Å². The standard InChI is InChI=1S/C21H18N4O2S/c1-24(2)16-10-8-15(9-11-16)12-17-19(26)22-21-25(23-17)20(27)18(28-21)13-14-6-4-3-5-7-14/h3-11,13H,12H2,1-2H3. The minimum atomic E-state index is -0.399. The van der Waals surface area contributed by atoms with Gasteiger partial charge in [0.2, 0.25) is 4.96 Å². The number of hydrogen-bond acceptors (Lipinski definition) is 6. The lowest BCUT2D eigenvalue weighted by molar-refractivity contribution is 0.811. The van der Waals surface area contributed by atoms with Crippen molar-refractivity contribution < 1.29 is 0 Å². The normalized spacial score (nSPS) is 11.9. The molecule has 0 radical (unpaired) electrons. The van der Waals surface area contributed by atoms with Crippen LogP contribution in [0, 0.1) is 0 Å². The number of rotatable bonds is 4. The van der Waals surface area contributed by atoms with Gasteiger partial charge in [-0.1, -0.05) is 53.8 Å². The van der Waals surface area contributed by atoms with Gasteiger partial charge in [0.15, 0.2) is 0 Å². The number of benzene rings is 2. The van der Waals surface area contributed by atoms with E-state index >= 15 is 0 Å². The summed E-state index contributed by atoms with van der Waals surface area (Å²) < 4.78 is 1.72. The van der Waals surface area contributed by atoms with Crippen LogP contribution in [-0.2, 0) is 6.42 Å². The highest BCUT2D eigenvalue weighted by Gasteiger charge is 2.12. The van der Waals surface area contributed by atoms with Crippen molar-refractivity contribution in [1.82, 2.24) is 14.6 Å². The maximum absolute atomic E-state index is 12.7. The zero-order chi connectivity index (χ0) is 19.7. The number of nitrogens with zero attached hydrogens (tertiary/aromatic N) is 4. The summed E-state index contributed by atoms with van der Waals surface area (Å²) in [4.78, 5) is 31.5. The minimum absolute atomic E-state index is 0.260. The average Bonchev–Trinajstić information content (AvgIpc) is 2.98. The quantitative estimate of drug-likeness (QED) is 0.531. The van der Waals surface area contributed by atoms with Gasteiger partial charge in [-0.25, -0.2) is 0 Å². The molecule has 0 spiro atoms. The second-order valence-corrected chi connectivity index (χ2v) is 7.63. The Kier molecular flexibility index (Phi) is 4.75. The summed E-state index contributed by atoms with van der Waals surface area (Å²) in [6.45, 7) is 0. The van der Waals surface area contributed by atoms with Crippen molar-refractivity contribution in [3.8, 4) is 0 Å². The molecular formula is C21H18N4O2S. The van der Waals surface area contributed by atoms with Crippen LogP contribution in [-0.4, -0.2) is 28.7 Å². The van der Waals surface area contributed by atoms with E-state index in [1.807, 2.05) is 73.6 Å². The van der Waals surface area contributed by atoms with Crippen molar-refractivity contribution in [3.05, 3.63) is 96.7 Å². The topological polar surface area (TPSA) is 67.6 Å². The first kappa shape index (κ1) is 18.1. The summed E-state index contributed by atoms with van der Waals surface area (Å²) in [6.07, 6.45) is 2.11. The summed E-state index contributed by atoms with van der Waals surface area (Å²) in [5.41, 5.74) is 2.52. The van der Waals surface area contributed by atoms with Gasteiger partial charge in [0.1, 0.15) is 5.69 Å². The highest BCUT2D eigenvalue weighted by Crippen LogP contribution is 2.13. The fourth-order valence-corrected chi connectivity index (χ4v) is 3.76. The largest absolute Gasteiger partial charge is 0.378 e. The molecular weight excluding hydrogens is 372 g/mol. The van der Waals surface area contributed by atoms with Crippen molar-refractivity contribution >= 4 is 28.1 Å². The number of fused-ring (bicyclic) bond motifs is 1. The van der Waals surface area contributed by atoms with Gasteiger partial charge >= 0.3 is 0 Å². The van der Waals surface area contributed by atoms with Gasteiger partial charge < -0.3 is 4.90 Å². The predicted octanol–water partition coefficient (Wildman–Crippen LogP) is 1.72. The van der Waals surface area contributed by atoms with Crippen molar-refractivity contribution in [3.63, 3.8) is 0 Å². The molecule has 0 aliphatic carbocycles. The molecule has 2 heterocycles. The lowest BCUT2D eigenvalue weighted by Crippen LogP contribution is -2.28. The van der Waals surface area contributed by atoms with Crippen LogP contribution in [0.3, 0.4) is 0 Å². The van der Waals surface area contributed by atoms with Gasteiger partial charge in [0.25, 0.3) is 11.1 Å². The van der Waals surface area contributed by atoms with Crippen LogP contribution in [0.4, 0.5) is 5.69 Å². The Morgan fingerprint density at radius 2 is 1.75 bits per heavy atom. The number of thiazole rings is 1. The highest BCUT2D eigenvalue weighted by molar-refractivity contribution is 7.15. The molecule has 0 fully saturated rings. The van der Waals surface area contributed by atoms with Crippen LogP contribution in [0.25, 0.3) is 11.0 Å². The lowest BCUT2D eigenvalue weighted by atomic mass is 10.1. The zero-order valence-corrected chi connectivity index (χ0v) is 16.3. The van der Waals surface area contributed by atoms with E-state index in [0.717, 1.165) is 16.8 Å². The third-order valence-corrected chi connectivity index (χ3v) is 5.33. The van der Waals surface area contributed by atoms with Gasteiger partial charge in [0, 0.05) is 26.2 Å². The Balaban J connectivity index is 1.74. The number of anilines is 1. The van der Waals surface area contributed by atoms with Crippen LogP contribution >= 0.6 is 11.3 Å². The van der Waals surface area contributed by atoms with E-state index in [-0.39, 0.29) is 11.3 Å². The second-order valence-electron chi connectivity index (χ2n) is 6.62. The Labute approximate surface area is 165 Å². The van der Waals surface area contributed by atoms with Gasteiger partial charge in [0.05, 0.1) is 4.53 Å². The third-order valence-electron chi connectivity index (χ3n) is 4.37. The first-order chi connectivity index (χ1) is 13.5. The Morgan fingerprint density at radius 1 is 1.04 bits per heavy atom. The van der Waals surface area contributed by atoms with Crippen LogP contribution in [0.2, 0.25) is 0 Å². The van der Waals surface area contributed by atoms with E-state index in [4.69, 9.17) is 0 Å². The molecule has 2 aromatic heterocycles. The molecule has 0 N–H and O–H groups in total. The maximum Gasteiger partial charge on any atom is 0.296 e. The average molecular weight is 390 g/mol. The summed E-state index contributed by atoms with van der Waals surface area (Å²) in [7, 11) is 3.94. The Hall–Kier alpha value is -3.32. The zero-order valence-electron chi connectivity index (χ0n) is 15.5. The molecule has 0 amide bonds. The van der Waals surface area contributed by atoms with E-state index in [1.165, 1.54) is 15.9 Å². The molecule has 0 unspecified atom stereocenters. The summed E-state index contributed by atoms with van der Waals surface area (Å²) in [5, 5.41) is 4.30. The molecule has 0 saturated carbocycles. The predicted molar refractivity (Wildman–Crippen MR) is 112 cm³/mol. The fraction of sp³-hybridized carbons (Fsp3) is 0.143. The molecule has 7 heteroatoms. The summed E-state index contributed by atoms with van der Waals surface area (Å²) >= 11 is 1.17. The maximum atomic E-state index is 12.7. The van der Waals surface area contributed by atoms with Crippen LogP contribution in [0.15, 0.2) is 64.2 Å². The third kappa shape index (κ3) is 3.57. The molecule has 2 aromatic carbocycles. The van der Waals surface area contributed by atoms with E-state index in [0.29, 0.717) is 15.9 Å². The van der Waals surface area contributed by atoms with Crippen molar-refractivity contribution in [2.75, 3.05) is 19.0 Å². The Bertz CT molecular complexity index is 1290. The fourth-order valence-electron chi connectivity index (χ4n) is 2.86. The van der Waals surface area contributed by atoms with Gasteiger partial charge in [-0.2, -0.15) is 14.6 Å². The first-order valence-corrected chi connectivity index (χ1v) is 9.59. The van der Waals surface area contributed by atoms with E-state index in [9.17, 15) is 9.59 Å². The molecule has 28 heavy (non-hydrogen) atoms. The number of aromatic nitrogens is 3. The van der Waals surface area contributed by atoms with Crippen molar-refractivity contribution in [2.45, 2.75) is 6.42 Å². The van der Waals surface area contributed by atoms with E-state index in [1.54, 1.807) is 6.08 Å². The summed E-state index contributed by atoms with van der Waals surface area (Å²) in [6, 6.07) is 17.4. The Morgan fingerprint density at radius 3 is 2.43 bits per heavy atom. The minimum Gasteiger partial charge on any atom is -0.378 e. The lowest BCUT2D eigenvalue weighted by Gasteiger charge is -2.12. The second kappa shape index (κ2) is 7.36. The first-order valence-electron chi connectivity index (χ1n) is 8.77. The molecule has 0 bridgehead atoms. The smallest absolute Gasteiger partial charge is 0.296 e. The van der Waals surface area contributed by atoms with Crippen LogP contribution in [0.5, 0.6) is 0 Å². The van der Waals surface area contributed by atoms with Gasteiger partial charge in [-0.05, 0) is 29.3 Å². The molecule has 0 saturated heterocycles. The monoisotopic (exact) mass is 390 g/mol. The SMILES string of the molecule is CN(C)c1ccc(Cc2nn3c(=O)c(=Cc4ccccc4)sc3nc2=O)cc1. The molecule has 0 aliphatic heterocycles. The highest BCUT2D eigenvalue weighted by atomic mass is 32.1. The van der Waals surface area contributed by atoms with Crippen LogP contribution < -0.4 is 20.6 Å². The molecule has 140 valence electrons. The van der Waals surface area contributed by atoms with Crippen LogP contribution in [0.1, 0.15) is 16.8 Å². The van der Waals surface area contributed by atoms with Crippen molar-refractivity contribution in [2.24, 2.45) is 0 Å². The van der Waals surface area contributed by atoms with Gasteiger partial charge in [-0.3, -0.25) is 9.59 Å². The van der Waals surface area contributed by atoms with Crippen molar-refractivity contribution in [1.29, 1.82) is 0 Å². The summed E-state index contributed by atoms with van der Waals surface area (Å²) in [5.74, 6) is 0. The molecule has 0 aliphatic rings. The molecule has 4 aromatic rings. The van der Waals surface area contributed by atoms with Gasteiger partial charge in [-0.15, -0.1) is 0 Å². The number of hydrogen-bond donors (Lipinski definition) is 0.